The summed E-state index contributed by atoms with van der Waals surface area (Å²) in [7, 11) is 0. The monoisotopic (exact) mass is 323 g/mol. The Kier molecular flexibility index (Phi) is 10.3. The van der Waals surface area contributed by atoms with Crippen LogP contribution in [0.1, 0.15) is 110 Å². The van der Waals surface area contributed by atoms with Crippen LogP contribution in [0, 0.1) is 0 Å². The van der Waals surface area contributed by atoms with Gasteiger partial charge in [0.15, 0.2) is 0 Å². The van der Waals surface area contributed by atoms with Crippen LogP contribution in [0.2, 0.25) is 0 Å². The van der Waals surface area contributed by atoms with E-state index in [1.165, 1.54) is 103 Å². The van der Waals surface area contributed by atoms with E-state index in [9.17, 15) is 0 Å². The van der Waals surface area contributed by atoms with E-state index in [0.29, 0.717) is 6.10 Å². The highest BCUT2D eigenvalue weighted by Crippen LogP contribution is 2.28. The minimum absolute atomic E-state index is 0.557. The van der Waals surface area contributed by atoms with Crippen molar-refractivity contribution in [2.75, 3.05) is 6.61 Å². The second-order valence-electron chi connectivity index (χ2n) is 7.99. The van der Waals surface area contributed by atoms with Gasteiger partial charge in [-0.2, -0.15) is 0 Å². The number of ether oxygens (including phenoxy) is 1. The summed E-state index contributed by atoms with van der Waals surface area (Å²) in [5.74, 6) is 0. The molecule has 2 bridgehead atoms. The van der Waals surface area contributed by atoms with Crippen molar-refractivity contribution < 1.29 is 4.74 Å². The molecule has 0 radical (unpaired) electrons. The number of hydrogen-bond acceptors (Lipinski definition) is 2. The van der Waals surface area contributed by atoms with Crippen molar-refractivity contribution in [3.05, 3.63) is 0 Å². The van der Waals surface area contributed by atoms with Crippen LogP contribution >= 0.6 is 0 Å². The summed E-state index contributed by atoms with van der Waals surface area (Å²) >= 11 is 0. The molecule has 2 saturated heterocycles. The third-order valence-corrected chi connectivity index (χ3v) is 5.78. The lowest BCUT2D eigenvalue weighted by Crippen LogP contribution is -2.41. The first-order valence-corrected chi connectivity index (χ1v) is 10.8. The van der Waals surface area contributed by atoms with Gasteiger partial charge in [0.05, 0.1) is 6.10 Å². The molecule has 0 saturated carbocycles. The van der Waals surface area contributed by atoms with Gasteiger partial charge >= 0.3 is 0 Å². The van der Waals surface area contributed by atoms with E-state index in [-0.39, 0.29) is 0 Å². The third kappa shape index (κ3) is 8.54. The molecule has 23 heavy (non-hydrogen) atoms. The highest BCUT2D eigenvalue weighted by molar-refractivity contribution is 4.92. The summed E-state index contributed by atoms with van der Waals surface area (Å²) in [5.41, 5.74) is 0. The maximum atomic E-state index is 6.12. The fourth-order valence-corrected chi connectivity index (χ4v) is 4.33. The van der Waals surface area contributed by atoms with E-state index in [1.807, 2.05) is 0 Å². The number of rotatable bonds is 14. The van der Waals surface area contributed by atoms with Crippen molar-refractivity contribution in [2.45, 2.75) is 128 Å². The van der Waals surface area contributed by atoms with Gasteiger partial charge in [0.2, 0.25) is 0 Å². The topological polar surface area (TPSA) is 21.3 Å². The van der Waals surface area contributed by atoms with E-state index in [1.54, 1.807) is 0 Å². The number of piperidine rings is 1. The largest absolute Gasteiger partial charge is 0.378 e. The van der Waals surface area contributed by atoms with Gasteiger partial charge < -0.3 is 10.1 Å². The Morgan fingerprint density at radius 3 is 1.70 bits per heavy atom. The van der Waals surface area contributed by atoms with Crippen molar-refractivity contribution >= 4 is 0 Å². The summed E-state index contributed by atoms with van der Waals surface area (Å²) < 4.78 is 6.12. The Labute approximate surface area is 145 Å². The molecule has 2 atom stereocenters. The predicted octanol–water partition coefficient (Wildman–Crippen LogP) is 5.99. The molecule has 2 aliphatic heterocycles. The smallest absolute Gasteiger partial charge is 0.0604 e. The van der Waals surface area contributed by atoms with Crippen LogP contribution in [0.25, 0.3) is 0 Å². The molecule has 1 N–H and O–H groups in total. The Hall–Kier alpha value is -0.0800. The second-order valence-corrected chi connectivity index (χ2v) is 7.99. The first-order valence-electron chi connectivity index (χ1n) is 10.8. The zero-order chi connectivity index (χ0) is 16.2. The summed E-state index contributed by atoms with van der Waals surface area (Å²) in [6.07, 6.45) is 22.9. The highest BCUT2D eigenvalue weighted by atomic mass is 16.5. The summed E-state index contributed by atoms with van der Waals surface area (Å²) in [6, 6.07) is 1.53. The van der Waals surface area contributed by atoms with Crippen LogP contribution in [0.5, 0.6) is 0 Å². The van der Waals surface area contributed by atoms with E-state index in [2.05, 4.69) is 12.2 Å². The quantitative estimate of drug-likeness (QED) is 0.397. The minimum atomic E-state index is 0.557. The summed E-state index contributed by atoms with van der Waals surface area (Å²) in [6.45, 7) is 3.29. The molecule has 2 aliphatic rings. The number of nitrogens with one attached hydrogen (secondary N) is 1. The molecule has 136 valence electrons. The van der Waals surface area contributed by atoms with Gasteiger partial charge in [-0.25, -0.2) is 0 Å². The lowest BCUT2D eigenvalue weighted by molar-refractivity contribution is 0.0183. The van der Waals surface area contributed by atoms with Crippen molar-refractivity contribution in [3.8, 4) is 0 Å². The molecule has 2 nitrogen and oxygen atoms in total. The lowest BCUT2D eigenvalue weighted by Gasteiger charge is -2.29. The lowest BCUT2D eigenvalue weighted by atomic mass is 10.0. The van der Waals surface area contributed by atoms with Crippen LogP contribution < -0.4 is 5.32 Å². The predicted molar refractivity (Wildman–Crippen MR) is 100.0 cm³/mol. The van der Waals surface area contributed by atoms with Gasteiger partial charge in [-0.05, 0) is 32.1 Å². The fourth-order valence-electron chi connectivity index (χ4n) is 4.33. The molecule has 2 heteroatoms. The van der Waals surface area contributed by atoms with Crippen LogP contribution in [-0.2, 0) is 4.74 Å². The maximum Gasteiger partial charge on any atom is 0.0604 e. The molecule has 0 amide bonds. The zero-order valence-electron chi connectivity index (χ0n) is 15.7. The highest BCUT2D eigenvalue weighted by Gasteiger charge is 2.33. The summed E-state index contributed by atoms with van der Waals surface area (Å²) in [4.78, 5) is 0. The van der Waals surface area contributed by atoms with Crippen molar-refractivity contribution in [2.24, 2.45) is 0 Å². The molecule has 0 aromatic carbocycles. The number of hydrogen-bond donors (Lipinski definition) is 1. The average molecular weight is 324 g/mol. The molecule has 2 fully saturated rings. The average Bonchev–Trinajstić information content (AvgIpc) is 2.90. The molecule has 2 unspecified atom stereocenters. The Morgan fingerprint density at radius 1 is 0.696 bits per heavy atom. The summed E-state index contributed by atoms with van der Waals surface area (Å²) in [5, 5.41) is 3.69. The third-order valence-electron chi connectivity index (χ3n) is 5.78. The second kappa shape index (κ2) is 12.3. The van der Waals surface area contributed by atoms with Crippen LogP contribution in [0.3, 0.4) is 0 Å². The number of fused-ring (bicyclic) bond motifs is 2. The van der Waals surface area contributed by atoms with E-state index >= 15 is 0 Å². The SMILES string of the molecule is CCCCCCCCCCCCCCOC1CC2CCC(C1)N2. The molecular formula is C21H41NO. The van der Waals surface area contributed by atoms with Gasteiger partial charge in [-0.3, -0.25) is 0 Å². The molecule has 0 aromatic heterocycles. The Balaban J connectivity index is 1.28. The van der Waals surface area contributed by atoms with Gasteiger partial charge in [-0.15, -0.1) is 0 Å². The zero-order valence-corrected chi connectivity index (χ0v) is 15.7. The first kappa shape index (κ1) is 19.2. The van der Waals surface area contributed by atoms with Crippen LogP contribution in [-0.4, -0.2) is 24.8 Å². The van der Waals surface area contributed by atoms with E-state index < -0.39 is 0 Å². The molecule has 0 spiro atoms. The van der Waals surface area contributed by atoms with Gasteiger partial charge in [-0.1, -0.05) is 77.6 Å². The molecule has 0 aliphatic carbocycles. The normalized spacial score (nSPS) is 26.7. The minimum Gasteiger partial charge on any atom is -0.378 e. The van der Waals surface area contributed by atoms with Crippen LogP contribution in [0.4, 0.5) is 0 Å². The first-order chi connectivity index (χ1) is 11.4. The van der Waals surface area contributed by atoms with Gasteiger partial charge in [0.25, 0.3) is 0 Å². The standard InChI is InChI=1S/C21H41NO/c1-2-3-4-5-6-7-8-9-10-11-12-13-16-23-21-17-19-14-15-20(18-21)22-19/h19-22H,2-18H2,1H3. The van der Waals surface area contributed by atoms with E-state index in [0.717, 1.165) is 18.7 Å². The van der Waals surface area contributed by atoms with Gasteiger partial charge in [0, 0.05) is 18.7 Å². The molecule has 0 aromatic rings. The molecular weight excluding hydrogens is 282 g/mol. The van der Waals surface area contributed by atoms with Crippen molar-refractivity contribution in [1.82, 2.24) is 5.32 Å². The fraction of sp³-hybridized carbons (Fsp3) is 1.00. The maximum absolute atomic E-state index is 6.12. The van der Waals surface area contributed by atoms with Crippen molar-refractivity contribution in [1.29, 1.82) is 0 Å². The van der Waals surface area contributed by atoms with Gasteiger partial charge in [0.1, 0.15) is 0 Å². The van der Waals surface area contributed by atoms with Crippen molar-refractivity contribution in [3.63, 3.8) is 0 Å². The molecule has 2 heterocycles. The Morgan fingerprint density at radius 2 is 1.17 bits per heavy atom. The molecule has 2 rings (SSSR count). The van der Waals surface area contributed by atoms with E-state index in [4.69, 9.17) is 4.74 Å². The number of unbranched alkanes of at least 4 members (excludes halogenated alkanes) is 11. The van der Waals surface area contributed by atoms with Crippen LogP contribution in [0.15, 0.2) is 0 Å². The Bertz CT molecular complexity index is 269.